The van der Waals surface area contributed by atoms with Gasteiger partial charge in [-0.15, -0.1) is 0 Å². The molecule has 22 heavy (non-hydrogen) atoms. The summed E-state index contributed by atoms with van der Waals surface area (Å²) < 4.78 is 0. The summed E-state index contributed by atoms with van der Waals surface area (Å²) in [5.41, 5.74) is 1.03. The number of aromatic nitrogens is 1. The average Bonchev–Trinajstić information content (AvgIpc) is 2.55. The molecule has 0 radical (unpaired) electrons. The number of anilines is 1. The fraction of sp³-hybridized carbons (Fsp3) is 0.412. The summed E-state index contributed by atoms with van der Waals surface area (Å²) in [4.78, 5) is 17.5. The van der Waals surface area contributed by atoms with Crippen molar-refractivity contribution in [1.29, 1.82) is 0 Å². The lowest BCUT2D eigenvalue weighted by molar-refractivity contribution is 0.193. The van der Waals surface area contributed by atoms with Crippen LogP contribution in [0.4, 0.5) is 10.6 Å². The van der Waals surface area contributed by atoms with Gasteiger partial charge in [0, 0.05) is 25.0 Å². The largest absolute Gasteiger partial charge is 0.465 e. The summed E-state index contributed by atoms with van der Waals surface area (Å²) >= 11 is 0. The lowest BCUT2D eigenvalue weighted by Gasteiger charge is -2.33. The summed E-state index contributed by atoms with van der Waals surface area (Å²) in [6, 6.07) is 12.4. The van der Waals surface area contributed by atoms with E-state index in [0.717, 1.165) is 43.7 Å². The van der Waals surface area contributed by atoms with Crippen molar-refractivity contribution in [2.24, 2.45) is 5.92 Å². The lowest BCUT2D eigenvalue weighted by atomic mass is 9.93. The molecule has 1 fully saturated rings. The van der Waals surface area contributed by atoms with Gasteiger partial charge in [-0.05, 0) is 43.4 Å². The highest BCUT2D eigenvalue weighted by Crippen LogP contribution is 2.25. The van der Waals surface area contributed by atoms with Crippen molar-refractivity contribution in [1.82, 2.24) is 10.3 Å². The first-order chi connectivity index (χ1) is 10.7. The van der Waals surface area contributed by atoms with Crippen molar-refractivity contribution >= 4 is 22.8 Å². The van der Waals surface area contributed by atoms with Gasteiger partial charge in [-0.3, -0.25) is 0 Å². The van der Waals surface area contributed by atoms with Gasteiger partial charge in [0.1, 0.15) is 5.82 Å². The van der Waals surface area contributed by atoms with Crippen LogP contribution >= 0.6 is 0 Å². The first-order valence-corrected chi connectivity index (χ1v) is 7.80. The number of fused-ring (bicyclic) bond motifs is 1. The molecular weight excluding hydrogens is 278 g/mol. The normalized spacial score (nSPS) is 15.9. The van der Waals surface area contributed by atoms with Crippen LogP contribution in [0.15, 0.2) is 36.4 Å². The maximum Gasteiger partial charge on any atom is 0.404 e. The molecule has 0 bridgehead atoms. The predicted molar refractivity (Wildman–Crippen MR) is 87.3 cm³/mol. The lowest BCUT2D eigenvalue weighted by Crippen LogP contribution is -2.35. The van der Waals surface area contributed by atoms with Gasteiger partial charge in [0.2, 0.25) is 0 Å². The van der Waals surface area contributed by atoms with Gasteiger partial charge in [0.15, 0.2) is 0 Å². The Morgan fingerprint density at radius 1 is 1.23 bits per heavy atom. The molecular formula is C17H21N3O2. The van der Waals surface area contributed by atoms with Crippen LogP contribution in [0.1, 0.15) is 19.3 Å². The molecule has 0 atom stereocenters. The Balaban J connectivity index is 1.57. The third-order valence-electron chi connectivity index (χ3n) is 4.35. The van der Waals surface area contributed by atoms with Gasteiger partial charge in [-0.2, -0.15) is 0 Å². The van der Waals surface area contributed by atoms with E-state index in [-0.39, 0.29) is 0 Å². The van der Waals surface area contributed by atoms with Crippen molar-refractivity contribution < 1.29 is 9.90 Å². The summed E-state index contributed by atoms with van der Waals surface area (Å²) in [5.74, 6) is 1.64. The zero-order chi connectivity index (χ0) is 15.4. The highest BCUT2D eigenvalue weighted by molar-refractivity contribution is 5.80. The first kappa shape index (κ1) is 14.6. The Kier molecular flexibility index (Phi) is 4.42. The smallest absolute Gasteiger partial charge is 0.404 e. The van der Waals surface area contributed by atoms with Gasteiger partial charge < -0.3 is 15.3 Å². The third kappa shape index (κ3) is 3.47. The number of hydrogen-bond acceptors (Lipinski definition) is 3. The minimum absolute atomic E-state index is 0.550. The van der Waals surface area contributed by atoms with Crippen molar-refractivity contribution in [3.63, 3.8) is 0 Å². The number of piperidine rings is 1. The third-order valence-corrected chi connectivity index (χ3v) is 4.35. The maximum atomic E-state index is 10.5. The minimum atomic E-state index is -0.933. The highest BCUT2D eigenvalue weighted by atomic mass is 16.4. The number of nitrogens with one attached hydrogen (secondary N) is 1. The molecule has 0 spiro atoms. The number of hydrogen-bond donors (Lipinski definition) is 2. The number of para-hydroxylation sites is 1. The van der Waals surface area contributed by atoms with Gasteiger partial charge >= 0.3 is 6.09 Å². The molecule has 2 aromatic rings. The molecule has 2 N–H and O–H groups in total. The molecule has 116 valence electrons. The number of amides is 1. The number of nitrogens with zero attached hydrogens (tertiary/aromatic N) is 2. The molecule has 0 saturated carbocycles. The van der Waals surface area contributed by atoms with Crippen molar-refractivity contribution in [3.05, 3.63) is 36.4 Å². The molecule has 2 heterocycles. The second-order valence-corrected chi connectivity index (χ2v) is 5.81. The molecule has 1 aliphatic heterocycles. The SMILES string of the molecule is O=C(O)NCCC1CCN(c2ccc3ccccc3n2)CC1. The Hall–Kier alpha value is -2.30. The molecule has 3 rings (SSSR count). The zero-order valence-electron chi connectivity index (χ0n) is 12.5. The number of pyridine rings is 1. The Bertz CT molecular complexity index is 651. The summed E-state index contributed by atoms with van der Waals surface area (Å²) in [7, 11) is 0. The zero-order valence-corrected chi connectivity index (χ0v) is 12.5. The van der Waals surface area contributed by atoms with Crippen LogP contribution in [0.5, 0.6) is 0 Å². The van der Waals surface area contributed by atoms with E-state index in [9.17, 15) is 4.79 Å². The van der Waals surface area contributed by atoms with Crippen LogP contribution in [0.3, 0.4) is 0 Å². The van der Waals surface area contributed by atoms with Crippen LogP contribution < -0.4 is 10.2 Å². The van der Waals surface area contributed by atoms with E-state index in [4.69, 9.17) is 10.1 Å². The molecule has 1 aromatic heterocycles. The Morgan fingerprint density at radius 3 is 2.77 bits per heavy atom. The van der Waals surface area contributed by atoms with Crippen LogP contribution in [-0.2, 0) is 0 Å². The van der Waals surface area contributed by atoms with Crippen LogP contribution in [0.25, 0.3) is 10.9 Å². The number of carbonyl (C=O) groups is 1. The fourth-order valence-corrected chi connectivity index (χ4v) is 3.07. The average molecular weight is 299 g/mol. The van der Waals surface area contributed by atoms with Gasteiger partial charge in [-0.25, -0.2) is 9.78 Å². The summed E-state index contributed by atoms with van der Waals surface area (Å²) in [6.45, 7) is 2.53. The Morgan fingerprint density at radius 2 is 2.00 bits per heavy atom. The van der Waals surface area contributed by atoms with E-state index in [1.54, 1.807) is 0 Å². The van der Waals surface area contributed by atoms with E-state index < -0.39 is 6.09 Å². The quantitative estimate of drug-likeness (QED) is 0.910. The maximum absolute atomic E-state index is 10.5. The predicted octanol–water partition coefficient (Wildman–Crippen LogP) is 3.11. The first-order valence-electron chi connectivity index (χ1n) is 7.80. The van der Waals surface area contributed by atoms with E-state index in [2.05, 4.69) is 28.4 Å². The monoisotopic (exact) mass is 299 g/mol. The van der Waals surface area contributed by atoms with E-state index in [0.29, 0.717) is 12.5 Å². The fourth-order valence-electron chi connectivity index (χ4n) is 3.07. The highest BCUT2D eigenvalue weighted by Gasteiger charge is 2.20. The molecule has 5 nitrogen and oxygen atoms in total. The van der Waals surface area contributed by atoms with E-state index in [1.807, 2.05) is 18.2 Å². The number of carboxylic acid groups (broad SMARTS) is 1. The van der Waals surface area contributed by atoms with E-state index in [1.165, 1.54) is 5.39 Å². The van der Waals surface area contributed by atoms with Crippen molar-refractivity contribution in [3.8, 4) is 0 Å². The summed E-state index contributed by atoms with van der Waals surface area (Å²) in [6.07, 6.45) is 2.18. The molecule has 1 aromatic carbocycles. The van der Waals surface area contributed by atoms with Crippen LogP contribution in [0.2, 0.25) is 0 Å². The van der Waals surface area contributed by atoms with Crippen molar-refractivity contribution in [2.45, 2.75) is 19.3 Å². The van der Waals surface area contributed by atoms with Gasteiger partial charge in [0.25, 0.3) is 0 Å². The number of rotatable bonds is 4. The molecule has 5 heteroatoms. The topological polar surface area (TPSA) is 65.5 Å². The summed E-state index contributed by atoms with van der Waals surface area (Å²) in [5, 5.41) is 12.2. The van der Waals surface area contributed by atoms with Gasteiger partial charge in [0.05, 0.1) is 5.52 Å². The molecule has 1 amide bonds. The molecule has 1 aliphatic rings. The van der Waals surface area contributed by atoms with Crippen LogP contribution in [0, 0.1) is 5.92 Å². The molecule has 0 aliphatic carbocycles. The van der Waals surface area contributed by atoms with Gasteiger partial charge in [-0.1, -0.05) is 18.2 Å². The van der Waals surface area contributed by atoms with Crippen molar-refractivity contribution in [2.75, 3.05) is 24.5 Å². The van der Waals surface area contributed by atoms with E-state index >= 15 is 0 Å². The number of benzene rings is 1. The second-order valence-electron chi connectivity index (χ2n) is 5.81. The molecule has 1 saturated heterocycles. The minimum Gasteiger partial charge on any atom is -0.465 e. The van der Waals surface area contributed by atoms with Crippen LogP contribution in [-0.4, -0.2) is 35.8 Å². The Labute approximate surface area is 130 Å². The second kappa shape index (κ2) is 6.64. The molecule has 0 unspecified atom stereocenters. The standard InChI is InChI=1S/C17H21N3O2/c21-17(22)18-10-7-13-8-11-20(12-9-13)16-6-5-14-3-1-2-4-15(14)19-16/h1-6,13,18H,7-12H2,(H,21,22).